The fourth-order valence-electron chi connectivity index (χ4n) is 2.45. The molecule has 2 rings (SSSR count). The number of nitrogens with one attached hydrogen (secondary N) is 2. The van der Waals surface area contributed by atoms with Gasteiger partial charge >= 0.3 is 6.03 Å². The van der Waals surface area contributed by atoms with Crippen LogP contribution in [0.25, 0.3) is 0 Å². The molecule has 1 atom stereocenters. The Labute approximate surface area is 156 Å². The SMILES string of the molecule is CN(C)C(=O)[C@H](Cc1ccccc1)NC(=O)Nc1ccc(C(N)=O)cc1F. The van der Waals surface area contributed by atoms with E-state index in [1.54, 1.807) is 14.1 Å². The molecule has 2 aromatic carbocycles. The zero-order chi connectivity index (χ0) is 20.0. The summed E-state index contributed by atoms with van der Waals surface area (Å²) in [4.78, 5) is 37.1. The van der Waals surface area contributed by atoms with E-state index in [0.717, 1.165) is 11.6 Å². The van der Waals surface area contributed by atoms with Crippen LogP contribution in [0.3, 0.4) is 0 Å². The van der Waals surface area contributed by atoms with Crippen LogP contribution in [0.4, 0.5) is 14.9 Å². The molecule has 7 nitrogen and oxygen atoms in total. The van der Waals surface area contributed by atoms with Gasteiger partial charge in [-0.25, -0.2) is 9.18 Å². The number of hydrogen-bond acceptors (Lipinski definition) is 3. The molecule has 0 spiro atoms. The topological polar surface area (TPSA) is 105 Å². The first-order valence-corrected chi connectivity index (χ1v) is 8.20. The van der Waals surface area contributed by atoms with Crippen LogP contribution in [-0.4, -0.2) is 42.9 Å². The summed E-state index contributed by atoms with van der Waals surface area (Å²) in [6.07, 6.45) is 0.286. The van der Waals surface area contributed by atoms with Crippen molar-refractivity contribution >= 4 is 23.5 Å². The van der Waals surface area contributed by atoms with Crippen molar-refractivity contribution in [1.82, 2.24) is 10.2 Å². The van der Waals surface area contributed by atoms with E-state index in [1.807, 2.05) is 30.3 Å². The van der Waals surface area contributed by atoms with Gasteiger partial charge in [0.25, 0.3) is 0 Å². The maximum atomic E-state index is 14.0. The number of amides is 4. The van der Waals surface area contributed by atoms with Gasteiger partial charge < -0.3 is 21.3 Å². The van der Waals surface area contributed by atoms with E-state index in [4.69, 9.17) is 5.73 Å². The molecule has 8 heteroatoms. The van der Waals surface area contributed by atoms with Gasteiger partial charge in [-0.2, -0.15) is 0 Å². The molecule has 0 fully saturated rings. The molecule has 2 aromatic rings. The van der Waals surface area contributed by atoms with E-state index in [2.05, 4.69) is 10.6 Å². The van der Waals surface area contributed by atoms with E-state index in [-0.39, 0.29) is 23.6 Å². The van der Waals surface area contributed by atoms with Crippen molar-refractivity contribution in [1.29, 1.82) is 0 Å². The summed E-state index contributed by atoms with van der Waals surface area (Å²) in [5, 5.41) is 4.90. The van der Waals surface area contributed by atoms with Crippen molar-refractivity contribution in [3.05, 3.63) is 65.5 Å². The Morgan fingerprint density at radius 2 is 1.78 bits per heavy atom. The molecule has 0 aliphatic rings. The molecule has 0 saturated carbocycles. The fourth-order valence-corrected chi connectivity index (χ4v) is 2.45. The lowest BCUT2D eigenvalue weighted by Gasteiger charge is -2.22. The zero-order valence-electron chi connectivity index (χ0n) is 15.0. The fraction of sp³-hybridized carbons (Fsp3) is 0.211. The Bertz CT molecular complexity index is 840. The third kappa shape index (κ3) is 5.53. The largest absolute Gasteiger partial charge is 0.366 e. The number of nitrogens with two attached hydrogens (primary N) is 1. The molecule has 27 heavy (non-hydrogen) atoms. The number of anilines is 1. The van der Waals surface area contributed by atoms with E-state index in [0.29, 0.717) is 0 Å². The maximum Gasteiger partial charge on any atom is 0.319 e. The highest BCUT2D eigenvalue weighted by atomic mass is 19.1. The summed E-state index contributed by atoms with van der Waals surface area (Å²) in [6, 6.07) is 11.1. The summed E-state index contributed by atoms with van der Waals surface area (Å²) in [7, 11) is 3.17. The maximum absolute atomic E-state index is 14.0. The van der Waals surface area contributed by atoms with Gasteiger partial charge in [-0.05, 0) is 23.8 Å². The molecule has 0 heterocycles. The lowest BCUT2D eigenvalue weighted by Crippen LogP contribution is -2.48. The predicted octanol–water partition coefficient (Wildman–Crippen LogP) is 1.75. The number of carbonyl (C=O) groups excluding carboxylic acids is 3. The van der Waals surface area contributed by atoms with Gasteiger partial charge in [-0.15, -0.1) is 0 Å². The monoisotopic (exact) mass is 372 g/mol. The molecule has 4 N–H and O–H groups in total. The van der Waals surface area contributed by atoms with Gasteiger partial charge in [0, 0.05) is 26.1 Å². The summed E-state index contributed by atoms with van der Waals surface area (Å²) < 4.78 is 14.0. The average molecular weight is 372 g/mol. The van der Waals surface area contributed by atoms with Gasteiger partial charge in [0.2, 0.25) is 11.8 Å². The molecule has 0 aliphatic carbocycles. The minimum Gasteiger partial charge on any atom is -0.366 e. The first kappa shape index (κ1) is 19.9. The molecule has 4 amide bonds. The lowest BCUT2D eigenvalue weighted by atomic mass is 10.1. The Morgan fingerprint density at radius 1 is 1.11 bits per heavy atom. The highest BCUT2D eigenvalue weighted by Gasteiger charge is 2.23. The van der Waals surface area contributed by atoms with Crippen molar-refractivity contribution in [3.8, 4) is 0 Å². The van der Waals surface area contributed by atoms with Crippen LogP contribution in [0.1, 0.15) is 15.9 Å². The van der Waals surface area contributed by atoms with Crippen molar-refractivity contribution in [2.75, 3.05) is 19.4 Å². The molecule has 142 valence electrons. The molecule has 0 aliphatic heterocycles. The Hall–Kier alpha value is -3.42. The van der Waals surface area contributed by atoms with Crippen LogP contribution in [0.2, 0.25) is 0 Å². The lowest BCUT2D eigenvalue weighted by molar-refractivity contribution is -0.130. The van der Waals surface area contributed by atoms with Crippen LogP contribution < -0.4 is 16.4 Å². The molecular formula is C19H21FN4O3. The minimum absolute atomic E-state index is 0.0109. The Kier molecular flexibility index (Phi) is 6.48. The van der Waals surface area contributed by atoms with Gasteiger partial charge in [-0.1, -0.05) is 30.3 Å². The summed E-state index contributed by atoms with van der Waals surface area (Å²) >= 11 is 0. The highest BCUT2D eigenvalue weighted by molar-refractivity contribution is 5.96. The van der Waals surface area contributed by atoms with Crippen LogP contribution in [0.5, 0.6) is 0 Å². The van der Waals surface area contributed by atoms with Gasteiger partial charge in [0.1, 0.15) is 11.9 Å². The molecule has 0 bridgehead atoms. The van der Waals surface area contributed by atoms with E-state index in [1.165, 1.54) is 17.0 Å². The zero-order valence-corrected chi connectivity index (χ0v) is 15.0. The molecule has 0 saturated heterocycles. The summed E-state index contributed by atoms with van der Waals surface area (Å²) in [5.41, 5.74) is 5.82. The van der Waals surface area contributed by atoms with Gasteiger partial charge in [0.05, 0.1) is 5.69 Å². The predicted molar refractivity (Wildman–Crippen MR) is 99.7 cm³/mol. The van der Waals surface area contributed by atoms with Crippen molar-refractivity contribution < 1.29 is 18.8 Å². The third-order valence-electron chi connectivity index (χ3n) is 3.83. The number of hydrogen-bond donors (Lipinski definition) is 3. The van der Waals surface area contributed by atoms with E-state index in [9.17, 15) is 18.8 Å². The van der Waals surface area contributed by atoms with E-state index >= 15 is 0 Å². The van der Waals surface area contributed by atoms with Crippen LogP contribution in [0, 0.1) is 5.82 Å². The van der Waals surface area contributed by atoms with Crippen LogP contribution in [-0.2, 0) is 11.2 Å². The highest BCUT2D eigenvalue weighted by Crippen LogP contribution is 2.15. The van der Waals surface area contributed by atoms with Crippen LogP contribution >= 0.6 is 0 Å². The minimum atomic E-state index is -0.824. The second-order valence-electron chi connectivity index (χ2n) is 6.13. The quantitative estimate of drug-likeness (QED) is 0.719. The second-order valence-corrected chi connectivity index (χ2v) is 6.13. The summed E-state index contributed by atoms with van der Waals surface area (Å²) in [6.45, 7) is 0. The summed E-state index contributed by atoms with van der Waals surface area (Å²) in [5.74, 6) is -1.87. The first-order valence-electron chi connectivity index (χ1n) is 8.20. The normalized spacial score (nSPS) is 11.4. The number of carbonyl (C=O) groups is 3. The first-order chi connectivity index (χ1) is 12.8. The van der Waals surface area contributed by atoms with E-state index < -0.39 is 23.8 Å². The molecule has 0 radical (unpaired) electrons. The average Bonchev–Trinajstić information content (AvgIpc) is 2.62. The number of nitrogens with zero attached hydrogens (tertiary/aromatic N) is 1. The molecule has 0 aromatic heterocycles. The molecular weight excluding hydrogens is 351 g/mol. The van der Waals surface area contributed by atoms with Crippen molar-refractivity contribution in [3.63, 3.8) is 0 Å². The van der Waals surface area contributed by atoms with Crippen molar-refractivity contribution in [2.45, 2.75) is 12.5 Å². The number of urea groups is 1. The number of primary amides is 1. The Balaban J connectivity index is 2.11. The molecule has 0 unspecified atom stereocenters. The third-order valence-corrected chi connectivity index (χ3v) is 3.83. The van der Waals surface area contributed by atoms with Gasteiger partial charge in [0.15, 0.2) is 0 Å². The number of benzene rings is 2. The standard InChI is InChI=1S/C19H21FN4O3/c1-24(2)18(26)16(10-12-6-4-3-5-7-12)23-19(27)22-15-9-8-13(17(21)25)11-14(15)20/h3-9,11,16H,10H2,1-2H3,(H2,21,25)(H2,22,23,27)/t16-/m0/s1. The number of likely N-dealkylation sites (N-methyl/N-ethyl adjacent to an activating group) is 1. The number of halogens is 1. The van der Waals surface area contributed by atoms with Crippen molar-refractivity contribution in [2.24, 2.45) is 5.73 Å². The Morgan fingerprint density at radius 3 is 2.33 bits per heavy atom. The second kappa shape index (κ2) is 8.79. The van der Waals surface area contributed by atoms with Crippen LogP contribution in [0.15, 0.2) is 48.5 Å². The smallest absolute Gasteiger partial charge is 0.319 e. The van der Waals surface area contributed by atoms with Gasteiger partial charge in [-0.3, -0.25) is 9.59 Å². The number of rotatable bonds is 6.